The van der Waals surface area contributed by atoms with E-state index in [1.165, 1.54) is 24.5 Å². The molecule has 0 aliphatic carbocycles. The van der Waals surface area contributed by atoms with Crippen molar-refractivity contribution in [3.8, 4) is 5.69 Å². The molecule has 104 valence electrons. The number of benzene rings is 1. The van der Waals surface area contributed by atoms with Crippen LogP contribution >= 0.6 is 0 Å². The molecule has 0 bridgehead atoms. The van der Waals surface area contributed by atoms with Crippen molar-refractivity contribution in [1.82, 2.24) is 9.78 Å². The Balaban J connectivity index is 2.36. The topological polar surface area (TPSA) is 52.0 Å². The number of aromatic nitrogens is 2. The number of aryl methyl sites for hydroxylation is 2. The Kier molecular flexibility index (Phi) is 4.45. The summed E-state index contributed by atoms with van der Waals surface area (Å²) >= 11 is 0. The molecule has 1 aromatic carbocycles. The predicted octanol–water partition coefficient (Wildman–Crippen LogP) is 2.70. The third-order valence-corrected chi connectivity index (χ3v) is 3.25. The molecule has 4 nitrogen and oxygen atoms in total. The third-order valence-electron chi connectivity index (χ3n) is 3.25. The Morgan fingerprint density at radius 3 is 2.55 bits per heavy atom. The number of hydrogen-bond acceptors (Lipinski definition) is 3. The summed E-state index contributed by atoms with van der Waals surface area (Å²) < 4.78 is 1.62. The van der Waals surface area contributed by atoms with E-state index < -0.39 is 0 Å². The zero-order valence-corrected chi connectivity index (χ0v) is 11.8. The van der Waals surface area contributed by atoms with Gasteiger partial charge in [-0.3, -0.25) is 9.59 Å². The summed E-state index contributed by atoms with van der Waals surface area (Å²) in [6.45, 7) is 3.97. The minimum atomic E-state index is -0.340. The van der Waals surface area contributed by atoms with Gasteiger partial charge in [0.15, 0.2) is 12.0 Å². The first kappa shape index (κ1) is 14.2. The lowest BCUT2D eigenvalue weighted by atomic mass is 10.1. The summed E-state index contributed by atoms with van der Waals surface area (Å²) in [4.78, 5) is 22.3. The van der Waals surface area contributed by atoms with E-state index in [1.807, 2.05) is 12.1 Å². The molecule has 4 heteroatoms. The summed E-state index contributed by atoms with van der Waals surface area (Å²) in [7, 11) is 0. The highest BCUT2D eigenvalue weighted by Gasteiger charge is 2.06. The van der Waals surface area contributed by atoms with Crippen molar-refractivity contribution < 1.29 is 4.79 Å². The van der Waals surface area contributed by atoms with Gasteiger partial charge in [-0.25, -0.2) is 4.68 Å². The average molecular weight is 270 g/mol. The molecule has 1 aromatic heterocycles. The van der Waals surface area contributed by atoms with Gasteiger partial charge in [-0.2, -0.15) is 5.10 Å². The fourth-order valence-corrected chi connectivity index (χ4v) is 2.09. The Bertz CT molecular complexity index is 657. The zero-order chi connectivity index (χ0) is 14.5. The smallest absolute Gasteiger partial charge is 0.211 e. The molecule has 0 saturated heterocycles. The second-order valence-electron chi connectivity index (χ2n) is 4.83. The maximum absolute atomic E-state index is 11.5. The molecule has 1 heterocycles. The SMILES string of the molecule is CCCCc1ccc(-n2nc(C=O)c(=O)cc2C)cc1. The van der Waals surface area contributed by atoms with Gasteiger partial charge < -0.3 is 0 Å². The fourth-order valence-electron chi connectivity index (χ4n) is 2.09. The Morgan fingerprint density at radius 2 is 1.95 bits per heavy atom. The van der Waals surface area contributed by atoms with Crippen LogP contribution in [-0.2, 0) is 6.42 Å². The highest BCUT2D eigenvalue weighted by molar-refractivity contribution is 5.71. The lowest BCUT2D eigenvalue weighted by Crippen LogP contribution is -2.18. The minimum absolute atomic E-state index is 0.0642. The van der Waals surface area contributed by atoms with Crippen LogP contribution in [0.5, 0.6) is 0 Å². The molecule has 0 aliphatic rings. The first-order valence-corrected chi connectivity index (χ1v) is 6.81. The molecule has 0 amide bonds. The lowest BCUT2D eigenvalue weighted by molar-refractivity contribution is 0.111. The highest BCUT2D eigenvalue weighted by Crippen LogP contribution is 2.12. The molecular weight excluding hydrogens is 252 g/mol. The van der Waals surface area contributed by atoms with E-state index in [2.05, 4.69) is 24.2 Å². The Labute approximate surface area is 118 Å². The molecular formula is C16H18N2O2. The van der Waals surface area contributed by atoms with Gasteiger partial charge in [0.1, 0.15) is 0 Å². The first-order valence-electron chi connectivity index (χ1n) is 6.81. The van der Waals surface area contributed by atoms with Gasteiger partial charge in [-0.05, 0) is 37.5 Å². The largest absolute Gasteiger partial charge is 0.296 e. The summed E-state index contributed by atoms with van der Waals surface area (Å²) in [6.07, 6.45) is 3.90. The summed E-state index contributed by atoms with van der Waals surface area (Å²) in [5, 5.41) is 4.09. The Morgan fingerprint density at radius 1 is 1.25 bits per heavy atom. The normalized spacial score (nSPS) is 10.5. The number of rotatable bonds is 5. The number of carbonyl (C=O) groups excluding carboxylic acids is 1. The number of hydrogen-bond donors (Lipinski definition) is 0. The minimum Gasteiger partial charge on any atom is -0.296 e. The van der Waals surface area contributed by atoms with Gasteiger partial charge >= 0.3 is 0 Å². The number of unbranched alkanes of at least 4 members (excludes halogenated alkanes) is 1. The quantitative estimate of drug-likeness (QED) is 0.785. The predicted molar refractivity (Wildman–Crippen MR) is 78.6 cm³/mol. The van der Waals surface area contributed by atoms with Crippen LogP contribution in [0.2, 0.25) is 0 Å². The third kappa shape index (κ3) is 3.02. The van der Waals surface area contributed by atoms with Crippen molar-refractivity contribution >= 4 is 6.29 Å². The van der Waals surface area contributed by atoms with Crippen LogP contribution in [0, 0.1) is 6.92 Å². The van der Waals surface area contributed by atoms with Crippen LogP contribution in [0.1, 0.15) is 41.5 Å². The first-order chi connectivity index (χ1) is 9.65. The van der Waals surface area contributed by atoms with Gasteiger partial charge in [-0.15, -0.1) is 0 Å². The molecule has 0 radical (unpaired) electrons. The van der Waals surface area contributed by atoms with Crippen LogP contribution in [0.4, 0.5) is 0 Å². The van der Waals surface area contributed by atoms with Crippen molar-refractivity contribution in [2.24, 2.45) is 0 Å². The van der Waals surface area contributed by atoms with E-state index in [1.54, 1.807) is 11.6 Å². The van der Waals surface area contributed by atoms with Crippen molar-refractivity contribution in [2.45, 2.75) is 33.1 Å². The second-order valence-corrected chi connectivity index (χ2v) is 4.83. The molecule has 0 fully saturated rings. The molecule has 0 saturated carbocycles. The van der Waals surface area contributed by atoms with Gasteiger partial charge in [0.05, 0.1) is 5.69 Å². The monoisotopic (exact) mass is 270 g/mol. The van der Waals surface area contributed by atoms with E-state index in [9.17, 15) is 9.59 Å². The van der Waals surface area contributed by atoms with Crippen molar-refractivity contribution in [3.63, 3.8) is 0 Å². The number of aldehydes is 1. The van der Waals surface area contributed by atoms with E-state index in [-0.39, 0.29) is 11.1 Å². The van der Waals surface area contributed by atoms with E-state index >= 15 is 0 Å². The van der Waals surface area contributed by atoms with Gasteiger partial charge in [0.25, 0.3) is 0 Å². The summed E-state index contributed by atoms with van der Waals surface area (Å²) in [5.41, 5.74) is 2.44. The summed E-state index contributed by atoms with van der Waals surface area (Å²) in [5.74, 6) is 0. The van der Waals surface area contributed by atoms with E-state index in [4.69, 9.17) is 0 Å². The van der Waals surface area contributed by atoms with Crippen molar-refractivity contribution in [2.75, 3.05) is 0 Å². The second kappa shape index (κ2) is 6.28. The molecule has 2 rings (SSSR count). The van der Waals surface area contributed by atoms with E-state index in [0.29, 0.717) is 12.0 Å². The van der Waals surface area contributed by atoms with Crippen LogP contribution in [0.25, 0.3) is 5.69 Å². The Hall–Kier alpha value is -2.23. The number of nitrogens with zero attached hydrogens (tertiary/aromatic N) is 2. The van der Waals surface area contributed by atoms with Gasteiger partial charge in [0.2, 0.25) is 5.43 Å². The van der Waals surface area contributed by atoms with E-state index in [0.717, 1.165) is 12.1 Å². The molecule has 0 atom stereocenters. The zero-order valence-electron chi connectivity index (χ0n) is 11.8. The standard InChI is InChI=1S/C16H18N2O2/c1-3-4-5-13-6-8-14(9-7-13)18-12(2)10-16(20)15(11-19)17-18/h6-11H,3-5H2,1-2H3. The van der Waals surface area contributed by atoms with Crippen LogP contribution in [-0.4, -0.2) is 16.1 Å². The molecule has 2 aromatic rings. The van der Waals surface area contributed by atoms with Crippen LogP contribution in [0.15, 0.2) is 35.1 Å². The number of carbonyl (C=O) groups is 1. The molecule has 0 aliphatic heterocycles. The molecule has 20 heavy (non-hydrogen) atoms. The molecule has 0 N–H and O–H groups in total. The maximum atomic E-state index is 11.5. The summed E-state index contributed by atoms with van der Waals surface area (Å²) in [6, 6.07) is 9.48. The highest BCUT2D eigenvalue weighted by atomic mass is 16.1. The van der Waals surface area contributed by atoms with Crippen LogP contribution in [0.3, 0.4) is 0 Å². The van der Waals surface area contributed by atoms with Crippen molar-refractivity contribution in [1.29, 1.82) is 0 Å². The fraction of sp³-hybridized carbons (Fsp3) is 0.312. The molecule has 0 unspecified atom stereocenters. The van der Waals surface area contributed by atoms with Crippen molar-refractivity contribution in [3.05, 3.63) is 57.5 Å². The van der Waals surface area contributed by atoms with Crippen LogP contribution < -0.4 is 5.43 Å². The maximum Gasteiger partial charge on any atom is 0.211 e. The average Bonchev–Trinajstić information content (AvgIpc) is 2.46. The lowest BCUT2D eigenvalue weighted by Gasteiger charge is -2.10. The molecule has 0 spiro atoms. The van der Waals surface area contributed by atoms with Gasteiger partial charge in [-0.1, -0.05) is 25.5 Å². The van der Waals surface area contributed by atoms with Gasteiger partial charge in [0, 0.05) is 11.8 Å².